The van der Waals surface area contributed by atoms with Crippen LogP contribution in [0.2, 0.25) is 0 Å². The van der Waals surface area contributed by atoms with Crippen LogP contribution in [0.3, 0.4) is 0 Å². The van der Waals surface area contributed by atoms with Gasteiger partial charge < -0.3 is 10.6 Å². The predicted octanol–water partition coefficient (Wildman–Crippen LogP) is 1.07. The van der Waals surface area contributed by atoms with Gasteiger partial charge in [-0.25, -0.2) is 0 Å². The highest BCUT2D eigenvalue weighted by Gasteiger charge is 1.98. The Kier molecular flexibility index (Phi) is 9.33. The van der Waals surface area contributed by atoms with Gasteiger partial charge in [0.2, 0.25) is 0 Å². The molecular formula is C10H20IN5S. The number of nitrogens with zero attached hydrogens (tertiary/aromatic N) is 3. The molecule has 2 N–H and O–H groups in total. The van der Waals surface area contributed by atoms with Gasteiger partial charge in [0, 0.05) is 44.7 Å². The summed E-state index contributed by atoms with van der Waals surface area (Å²) in [5.41, 5.74) is 1.15. The largest absolute Gasteiger partial charge is 0.356 e. The summed E-state index contributed by atoms with van der Waals surface area (Å²) >= 11 is 1.81. The third-order valence-electron chi connectivity index (χ3n) is 2.04. The molecule has 0 bridgehead atoms. The third-order valence-corrected chi connectivity index (χ3v) is 2.65. The number of aromatic nitrogens is 2. The normalized spacial score (nSPS) is 10.9. The van der Waals surface area contributed by atoms with E-state index in [0.717, 1.165) is 30.4 Å². The van der Waals surface area contributed by atoms with Crippen LogP contribution in [-0.4, -0.2) is 41.3 Å². The van der Waals surface area contributed by atoms with Crippen LogP contribution in [0.5, 0.6) is 0 Å². The Balaban J connectivity index is 0.00000256. The van der Waals surface area contributed by atoms with Gasteiger partial charge in [0.05, 0.1) is 6.20 Å². The molecule has 1 aromatic rings. The average Bonchev–Trinajstić information content (AvgIpc) is 2.69. The highest BCUT2D eigenvalue weighted by molar-refractivity contribution is 14.0. The molecule has 0 fully saturated rings. The number of halogens is 1. The fraction of sp³-hybridized carbons (Fsp3) is 0.600. The van der Waals surface area contributed by atoms with Gasteiger partial charge in [0.15, 0.2) is 5.96 Å². The number of aryl methyl sites for hydroxylation is 1. The van der Waals surface area contributed by atoms with Gasteiger partial charge in [0.1, 0.15) is 0 Å². The lowest BCUT2D eigenvalue weighted by Gasteiger charge is -2.10. The average molecular weight is 369 g/mol. The lowest BCUT2D eigenvalue weighted by molar-refractivity contribution is 0.765. The molecule has 1 rings (SSSR count). The van der Waals surface area contributed by atoms with Gasteiger partial charge in [-0.15, -0.1) is 24.0 Å². The predicted molar refractivity (Wildman–Crippen MR) is 85.2 cm³/mol. The number of nitrogens with one attached hydrogen (secondary N) is 2. The second-order valence-corrected chi connectivity index (χ2v) is 4.35. The summed E-state index contributed by atoms with van der Waals surface area (Å²) in [6.45, 7) is 1.67. The van der Waals surface area contributed by atoms with Crippen molar-refractivity contribution < 1.29 is 0 Å². The smallest absolute Gasteiger partial charge is 0.191 e. The zero-order chi connectivity index (χ0) is 11.8. The summed E-state index contributed by atoms with van der Waals surface area (Å²) in [6, 6.07) is 0. The highest BCUT2D eigenvalue weighted by Crippen LogP contribution is 1.94. The van der Waals surface area contributed by atoms with Crippen molar-refractivity contribution in [3.63, 3.8) is 0 Å². The van der Waals surface area contributed by atoms with Gasteiger partial charge in [-0.2, -0.15) is 16.9 Å². The summed E-state index contributed by atoms with van der Waals surface area (Å²) in [4.78, 5) is 4.14. The van der Waals surface area contributed by atoms with E-state index in [1.54, 1.807) is 11.7 Å². The summed E-state index contributed by atoms with van der Waals surface area (Å²) in [6.07, 6.45) is 5.93. The molecule has 1 heterocycles. The fourth-order valence-corrected chi connectivity index (χ4v) is 1.55. The van der Waals surface area contributed by atoms with Crippen molar-refractivity contribution in [2.45, 2.75) is 6.54 Å². The third kappa shape index (κ3) is 6.77. The van der Waals surface area contributed by atoms with Crippen LogP contribution in [0.4, 0.5) is 0 Å². The first kappa shape index (κ1) is 16.6. The van der Waals surface area contributed by atoms with Crippen LogP contribution in [-0.2, 0) is 13.6 Å². The fourth-order valence-electron chi connectivity index (χ4n) is 1.24. The molecule has 0 unspecified atom stereocenters. The van der Waals surface area contributed by atoms with E-state index in [1.165, 1.54) is 0 Å². The van der Waals surface area contributed by atoms with Gasteiger partial charge in [-0.1, -0.05) is 0 Å². The van der Waals surface area contributed by atoms with Crippen molar-refractivity contribution in [2.24, 2.45) is 12.0 Å². The molecule has 98 valence electrons. The van der Waals surface area contributed by atoms with Crippen LogP contribution < -0.4 is 10.6 Å². The molecule has 0 amide bonds. The maximum atomic E-state index is 4.14. The van der Waals surface area contributed by atoms with Crippen LogP contribution in [0, 0.1) is 0 Å². The van der Waals surface area contributed by atoms with Crippen molar-refractivity contribution in [3.8, 4) is 0 Å². The minimum atomic E-state index is 0. The molecule has 0 saturated heterocycles. The van der Waals surface area contributed by atoms with E-state index in [0.29, 0.717) is 0 Å². The van der Waals surface area contributed by atoms with Crippen LogP contribution in [0.15, 0.2) is 17.4 Å². The molecule has 17 heavy (non-hydrogen) atoms. The molecule has 0 aromatic carbocycles. The monoisotopic (exact) mass is 369 g/mol. The number of hydrogen-bond acceptors (Lipinski definition) is 3. The van der Waals surface area contributed by atoms with E-state index < -0.39 is 0 Å². The minimum Gasteiger partial charge on any atom is -0.356 e. The molecule has 0 radical (unpaired) electrons. The van der Waals surface area contributed by atoms with Gasteiger partial charge in [0.25, 0.3) is 0 Å². The van der Waals surface area contributed by atoms with E-state index in [-0.39, 0.29) is 24.0 Å². The van der Waals surface area contributed by atoms with Crippen molar-refractivity contribution in [1.82, 2.24) is 20.4 Å². The van der Waals surface area contributed by atoms with Crippen molar-refractivity contribution in [2.75, 3.05) is 25.6 Å². The molecule has 0 aliphatic rings. The van der Waals surface area contributed by atoms with Crippen LogP contribution in [0.1, 0.15) is 5.56 Å². The zero-order valence-electron chi connectivity index (χ0n) is 10.4. The van der Waals surface area contributed by atoms with Crippen molar-refractivity contribution >= 4 is 41.7 Å². The Hall–Kier alpha value is -0.440. The van der Waals surface area contributed by atoms with Crippen LogP contribution in [0.25, 0.3) is 0 Å². The Bertz CT molecular complexity index is 339. The Morgan fingerprint density at radius 2 is 2.29 bits per heavy atom. The Labute approximate surface area is 124 Å². The summed E-state index contributed by atoms with van der Waals surface area (Å²) in [5, 5.41) is 10.6. The lowest BCUT2D eigenvalue weighted by Crippen LogP contribution is -2.37. The molecule has 0 spiro atoms. The summed E-state index contributed by atoms with van der Waals surface area (Å²) in [7, 11) is 3.69. The standard InChI is InChI=1S/C10H19N5S.HI/c1-11-10(12-4-5-16-3)13-6-9-7-14-15(2)8-9;/h7-8H,4-6H2,1-3H3,(H2,11,12,13);1H. The van der Waals surface area contributed by atoms with Crippen molar-refractivity contribution in [3.05, 3.63) is 18.0 Å². The maximum Gasteiger partial charge on any atom is 0.191 e. The second kappa shape index (κ2) is 9.58. The van der Waals surface area contributed by atoms with E-state index in [9.17, 15) is 0 Å². The van der Waals surface area contributed by atoms with Crippen LogP contribution >= 0.6 is 35.7 Å². The van der Waals surface area contributed by atoms with Crippen molar-refractivity contribution in [1.29, 1.82) is 0 Å². The molecule has 7 heteroatoms. The van der Waals surface area contributed by atoms with E-state index >= 15 is 0 Å². The zero-order valence-corrected chi connectivity index (χ0v) is 13.6. The number of guanidine groups is 1. The summed E-state index contributed by atoms with van der Waals surface area (Å²) < 4.78 is 1.79. The first-order chi connectivity index (χ1) is 7.76. The number of hydrogen-bond donors (Lipinski definition) is 2. The second-order valence-electron chi connectivity index (χ2n) is 3.37. The van der Waals surface area contributed by atoms with E-state index in [2.05, 4.69) is 27.0 Å². The number of rotatable bonds is 5. The molecule has 0 aliphatic carbocycles. The molecule has 0 saturated carbocycles. The molecule has 0 atom stereocenters. The maximum absolute atomic E-state index is 4.14. The molecule has 5 nitrogen and oxygen atoms in total. The quantitative estimate of drug-likeness (QED) is 0.353. The summed E-state index contributed by atoms with van der Waals surface area (Å²) in [5.74, 6) is 1.91. The SMILES string of the molecule is CN=C(NCCSC)NCc1cnn(C)c1.I. The lowest BCUT2D eigenvalue weighted by atomic mass is 10.4. The number of thioether (sulfide) groups is 1. The molecule has 1 aromatic heterocycles. The Morgan fingerprint density at radius 3 is 2.82 bits per heavy atom. The van der Waals surface area contributed by atoms with Gasteiger partial charge >= 0.3 is 0 Å². The van der Waals surface area contributed by atoms with E-state index in [4.69, 9.17) is 0 Å². The van der Waals surface area contributed by atoms with Gasteiger partial charge in [-0.3, -0.25) is 9.67 Å². The van der Waals surface area contributed by atoms with Gasteiger partial charge in [-0.05, 0) is 6.26 Å². The first-order valence-corrected chi connectivity index (χ1v) is 6.56. The number of aliphatic imine (C=N–C) groups is 1. The Morgan fingerprint density at radius 1 is 1.53 bits per heavy atom. The van der Waals surface area contributed by atoms with E-state index in [1.807, 2.05) is 31.2 Å². The molecule has 0 aliphatic heterocycles. The minimum absolute atomic E-state index is 0. The topological polar surface area (TPSA) is 54.2 Å². The highest BCUT2D eigenvalue weighted by atomic mass is 127. The first-order valence-electron chi connectivity index (χ1n) is 5.17. The molecular weight excluding hydrogens is 349 g/mol.